The van der Waals surface area contributed by atoms with Gasteiger partial charge in [0.1, 0.15) is 18.0 Å². The molecule has 7 heteroatoms. The van der Waals surface area contributed by atoms with Crippen molar-refractivity contribution in [2.24, 2.45) is 0 Å². The quantitative estimate of drug-likeness (QED) is 0.679. The van der Waals surface area contributed by atoms with Crippen LogP contribution in [0.5, 0.6) is 0 Å². The van der Waals surface area contributed by atoms with E-state index in [2.05, 4.69) is 78.8 Å². The molecule has 0 N–H and O–H groups in total. The average Bonchev–Trinajstić information content (AvgIpc) is 2.75. The molecule has 0 bridgehead atoms. The van der Waals surface area contributed by atoms with Gasteiger partial charge >= 0.3 is 0 Å². The van der Waals surface area contributed by atoms with Crippen molar-refractivity contribution >= 4 is 23.3 Å². The van der Waals surface area contributed by atoms with Gasteiger partial charge in [-0.1, -0.05) is 12.1 Å². The molecule has 0 unspecified atom stereocenters. The smallest absolute Gasteiger partial charge is 0.225 e. The van der Waals surface area contributed by atoms with Crippen molar-refractivity contribution in [1.29, 1.82) is 0 Å². The first-order chi connectivity index (χ1) is 13.7. The van der Waals surface area contributed by atoms with E-state index in [4.69, 9.17) is 0 Å². The summed E-state index contributed by atoms with van der Waals surface area (Å²) in [4.78, 5) is 24.5. The Morgan fingerprint density at radius 1 is 0.893 bits per heavy atom. The molecule has 1 aliphatic heterocycles. The molecule has 0 saturated carbocycles. The van der Waals surface area contributed by atoms with E-state index in [0.717, 1.165) is 56.0 Å². The van der Waals surface area contributed by atoms with Crippen LogP contribution in [0.1, 0.15) is 12.5 Å². The molecule has 1 aliphatic rings. The van der Waals surface area contributed by atoms with Crippen LogP contribution in [0.3, 0.4) is 0 Å². The van der Waals surface area contributed by atoms with Crippen LogP contribution in [0.4, 0.5) is 23.3 Å². The van der Waals surface area contributed by atoms with Gasteiger partial charge in [-0.3, -0.25) is 0 Å². The molecule has 0 atom stereocenters. The minimum absolute atomic E-state index is 0.794. The molecule has 1 aromatic carbocycles. The van der Waals surface area contributed by atoms with Gasteiger partial charge in [0, 0.05) is 56.9 Å². The fourth-order valence-corrected chi connectivity index (χ4v) is 3.52. The van der Waals surface area contributed by atoms with Gasteiger partial charge < -0.3 is 14.7 Å². The summed E-state index contributed by atoms with van der Waals surface area (Å²) in [6, 6.07) is 12.4. The Bertz CT molecular complexity index is 907. The lowest BCUT2D eigenvalue weighted by atomic mass is 10.2. The second-order valence-electron chi connectivity index (χ2n) is 6.84. The third-order valence-corrected chi connectivity index (χ3v) is 4.98. The van der Waals surface area contributed by atoms with Crippen molar-refractivity contribution in [3.8, 4) is 0 Å². The Balaban J connectivity index is 1.50. The van der Waals surface area contributed by atoms with Crippen molar-refractivity contribution in [3.05, 3.63) is 60.7 Å². The second-order valence-corrected chi connectivity index (χ2v) is 6.84. The van der Waals surface area contributed by atoms with E-state index in [-0.39, 0.29) is 0 Å². The highest BCUT2D eigenvalue weighted by Crippen LogP contribution is 2.26. The van der Waals surface area contributed by atoms with Crippen molar-refractivity contribution in [3.63, 3.8) is 0 Å². The molecule has 1 saturated heterocycles. The van der Waals surface area contributed by atoms with Gasteiger partial charge in [0.2, 0.25) is 5.95 Å². The van der Waals surface area contributed by atoms with E-state index >= 15 is 0 Å². The van der Waals surface area contributed by atoms with E-state index in [0.29, 0.717) is 0 Å². The number of anilines is 4. The second kappa shape index (κ2) is 8.21. The summed E-state index contributed by atoms with van der Waals surface area (Å²) >= 11 is 0. The monoisotopic (exact) mass is 375 g/mol. The normalized spacial score (nSPS) is 14.2. The molecule has 144 valence electrons. The summed E-state index contributed by atoms with van der Waals surface area (Å²) in [7, 11) is 0. The highest BCUT2D eigenvalue weighted by Gasteiger charge is 2.21. The predicted molar refractivity (Wildman–Crippen MR) is 112 cm³/mol. The first-order valence-electron chi connectivity index (χ1n) is 9.68. The SMILES string of the molecule is CCN(c1cccc(C)c1)c1cc(N2CCN(c3ncccn3)CC2)ncn1. The third-order valence-electron chi connectivity index (χ3n) is 4.98. The van der Waals surface area contributed by atoms with Crippen molar-refractivity contribution in [2.75, 3.05) is 47.4 Å². The molecule has 28 heavy (non-hydrogen) atoms. The fourth-order valence-electron chi connectivity index (χ4n) is 3.52. The zero-order valence-electron chi connectivity index (χ0n) is 16.4. The van der Waals surface area contributed by atoms with E-state index in [1.807, 2.05) is 6.07 Å². The number of hydrogen-bond acceptors (Lipinski definition) is 7. The number of hydrogen-bond donors (Lipinski definition) is 0. The molecule has 4 rings (SSSR count). The highest BCUT2D eigenvalue weighted by atomic mass is 15.3. The molecule has 2 aromatic heterocycles. The lowest BCUT2D eigenvalue weighted by Crippen LogP contribution is -2.47. The molecule has 3 aromatic rings. The fraction of sp³-hybridized carbons (Fsp3) is 0.333. The number of aromatic nitrogens is 4. The first-order valence-corrected chi connectivity index (χ1v) is 9.68. The lowest BCUT2D eigenvalue weighted by Gasteiger charge is -2.35. The Morgan fingerprint density at radius 2 is 1.64 bits per heavy atom. The zero-order chi connectivity index (χ0) is 19.3. The lowest BCUT2D eigenvalue weighted by molar-refractivity contribution is 0.634. The Kier molecular flexibility index (Phi) is 5.32. The third kappa shape index (κ3) is 3.88. The number of nitrogens with zero attached hydrogens (tertiary/aromatic N) is 7. The van der Waals surface area contributed by atoms with Crippen molar-refractivity contribution in [2.45, 2.75) is 13.8 Å². The predicted octanol–water partition coefficient (Wildman–Crippen LogP) is 3.06. The zero-order valence-corrected chi connectivity index (χ0v) is 16.4. The van der Waals surface area contributed by atoms with Crippen LogP contribution in [0.25, 0.3) is 0 Å². The summed E-state index contributed by atoms with van der Waals surface area (Å²) in [5.74, 6) is 2.68. The van der Waals surface area contributed by atoms with E-state index in [1.54, 1.807) is 18.7 Å². The average molecular weight is 375 g/mol. The summed E-state index contributed by atoms with van der Waals surface area (Å²) < 4.78 is 0. The van der Waals surface area contributed by atoms with Crippen LogP contribution in [0.2, 0.25) is 0 Å². The van der Waals surface area contributed by atoms with Crippen LogP contribution in [0, 0.1) is 6.92 Å². The van der Waals surface area contributed by atoms with Crippen LogP contribution < -0.4 is 14.7 Å². The molecular formula is C21H25N7. The van der Waals surface area contributed by atoms with Gasteiger partial charge in [-0.25, -0.2) is 19.9 Å². The van der Waals surface area contributed by atoms with Crippen molar-refractivity contribution in [1.82, 2.24) is 19.9 Å². The van der Waals surface area contributed by atoms with Gasteiger partial charge in [-0.05, 0) is 37.6 Å². The van der Waals surface area contributed by atoms with Crippen LogP contribution in [-0.2, 0) is 0 Å². The highest BCUT2D eigenvalue weighted by molar-refractivity contribution is 5.63. The maximum Gasteiger partial charge on any atom is 0.225 e. The van der Waals surface area contributed by atoms with Gasteiger partial charge in [-0.15, -0.1) is 0 Å². The Labute approximate surface area is 165 Å². The molecule has 3 heterocycles. The van der Waals surface area contributed by atoms with Gasteiger partial charge in [-0.2, -0.15) is 0 Å². The Hall–Kier alpha value is -3.22. The summed E-state index contributed by atoms with van der Waals surface area (Å²) in [5.41, 5.74) is 2.39. The standard InChI is InChI=1S/C21H25N7/c1-3-28(18-7-4-6-17(2)14-18)20-15-19(24-16-25-20)26-10-12-27(13-11-26)21-22-8-5-9-23-21/h4-9,14-16H,3,10-13H2,1-2H3. The topological polar surface area (TPSA) is 61.3 Å². The molecule has 1 fully saturated rings. The number of rotatable bonds is 5. The van der Waals surface area contributed by atoms with E-state index in [1.165, 1.54) is 5.56 Å². The minimum atomic E-state index is 0.794. The maximum atomic E-state index is 4.53. The van der Waals surface area contributed by atoms with E-state index < -0.39 is 0 Å². The molecule has 7 nitrogen and oxygen atoms in total. The van der Waals surface area contributed by atoms with Crippen LogP contribution in [-0.4, -0.2) is 52.7 Å². The van der Waals surface area contributed by atoms with Crippen LogP contribution >= 0.6 is 0 Å². The molecule has 0 spiro atoms. The molecule has 0 aliphatic carbocycles. The minimum Gasteiger partial charge on any atom is -0.353 e. The summed E-state index contributed by atoms with van der Waals surface area (Å²) in [6.45, 7) is 8.61. The van der Waals surface area contributed by atoms with Crippen molar-refractivity contribution < 1.29 is 0 Å². The number of piperazine rings is 1. The maximum absolute atomic E-state index is 4.53. The molecule has 0 radical (unpaired) electrons. The van der Waals surface area contributed by atoms with Gasteiger partial charge in [0.05, 0.1) is 0 Å². The molecular weight excluding hydrogens is 350 g/mol. The summed E-state index contributed by atoms with van der Waals surface area (Å²) in [6.07, 6.45) is 5.24. The van der Waals surface area contributed by atoms with E-state index in [9.17, 15) is 0 Å². The largest absolute Gasteiger partial charge is 0.353 e. The summed E-state index contributed by atoms with van der Waals surface area (Å²) in [5, 5.41) is 0. The first kappa shape index (κ1) is 18.2. The van der Waals surface area contributed by atoms with Gasteiger partial charge in [0.25, 0.3) is 0 Å². The van der Waals surface area contributed by atoms with Gasteiger partial charge in [0.15, 0.2) is 0 Å². The molecule has 0 amide bonds. The Morgan fingerprint density at radius 3 is 2.36 bits per heavy atom. The number of aryl methyl sites for hydroxylation is 1. The number of benzene rings is 1. The van der Waals surface area contributed by atoms with Crippen LogP contribution in [0.15, 0.2) is 55.1 Å².